The Labute approximate surface area is 249 Å². The molecule has 7 heteroatoms. The van der Waals surface area contributed by atoms with Gasteiger partial charge in [0.05, 0.1) is 16.9 Å². The molecule has 2 aliphatic rings. The third kappa shape index (κ3) is 5.32. The molecule has 2 heterocycles. The largest absolute Gasteiger partial charge is 0.343 e. The zero-order valence-electron chi connectivity index (χ0n) is 23.1. The minimum atomic E-state index is -0.111. The summed E-state index contributed by atoms with van der Waals surface area (Å²) in [5.74, 6) is 0.473. The maximum absolute atomic E-state index is 13.7. The molecule has 0 radical (unpaired) electrons. The number of carbonyl (C=O) groups excluding carboxylic acids is 1. The molecule has 0 saturated carbocycles. The fraction of sp³-hybridized carbons (Fsp3) is 0.273. The van der Waals surface area contributed by atoms with Crippen LogP contribution in [0.1, 0.15) is 53.6 Å². The lowest BCUT2D eigenvalue weighted by molar-refractivity contribution is 0.102. The van der Waals surface area contributed by atoms with E-state index in [0.717, 1.165) is 41.1 Å². The van der Waals surface area contributed by atoms with Crippen LogP contribution in [0.5, 0.6) is 0 Å². The summed E-state index contributed by atoms with van der Waals surface area (Å²) in [6.45, 7) is 6.94. The number of anilines is 3. The Hall–Kier alpha value is -3.06. The molecule has 4 nitrogen and oxygen atoms in total. The van der Waals surface area contributed by atoms with Crippen LogP contribution in [0.4, 0.5) is 22.1 Å². The van der Waals surface area contributed by atoms with Crippen LogP contribution >= 0.6 is 34.7 Å². The van der Waals surface area contributed by atoms with Gasteiger partial charge in [0, 0.05) is 38.6 Å². The third-order valence-corrected chi connectivity index (χ3v) is 10.4. The van der Waals surface area contributed by atoms with Crippen LogP contribution in [-0.4, -0.2) is 19.2 Å². The Balaban J connectivity index is 1.33. The predicted octanol–water partition coefficient (Wildman–Crippen LogP) is 9.79. The second-order valence-electron chi connectivity index (χ2n) is 11.6. The first-order valence-corrected chi connectivity index (χ1v) is 15.6. The molecule has 0 fully saturated rings. The van der Waals surface area contributed by atoms with E-state index in [-0.39, 0.29) is 11.3 Å². The van der Waals surface area contributed by atoms with Crippen molar-refractivity contribution in [2.45, 2.75) is 49.8 Å². The highest BCUT2D eigenvalue weighted by atomic mass is 35.5. The van der Waals surface area contributed by atoms with Gasteiger partial charge in [0.1, 0.15) is 5.00 Å². The van der Waals surface area contributed by atoms with Crippen LogP contribution in [-0.2, 0) is 12.8 Å². The molecule has 0 spiro atoms. The molecular formula is C33H32ClN3OS2. The van der Waals surface area contributed by atoms with E-state index < -0.39 is 0 Å². The van der Waals surface area contributed by atoms with Crippen LogP contribution in [0.2, 0.25) is 5.02 Å². The lowest BCUT2D eigenvalue weighted by Gasteiger charge is -2.33. The fourth-order valence-corrected chi connectivity index (χ4v) is 8.13. The fourth-order valence-electron chi connectivity index (χ4n) is 5.53. The summed E-state index contributed by atoms with van der Waals surface area (Å²) in [5, 5.41) is 4.50. The van der Waals surface area contributed by atoms with E-state index in [1.165, 1.54) is 26.0 Å². The van der Waals surface area contributed by atoms with E-state index in [0.29, 0.717) is 16.5 Å². The number of halogens is 1. The number of amides is 1. The van der Waals surface area contributed by atoms with E-state index in [9.17, 15) is 4.79 Å². The van der Waals surface area contributed by atoms with Gasteiger partial charge in [-0.05, 0) is 90.3 Å². The molecule has 1 aromatic heterocycles. The molecule has 3 aromatic carbocycles. The highest BCUT2D eigenvalue weighted by Gasteiger charge is 2.33. The SMILES string of the molecule is CN1c2ccccc2Sc2cc(C=Nc3sc4c(c3C(=O)Nc3ccc(Cl)cc3)CC[C@H](C(C)(C)C)C4)ccc21. The van der Waals surface area contributed by atoms with Gasteiger partial charge in [-0.2, -0.15) is 0 Å². The maximum atomic E-state index is 13.7. The van der Waals surface area contributed by atoms with E-state index >= 15 is 0 Å². The molecule has 204 valence electrons. The minimum absolute atomic E-state index is 0.111. The molecule has 0 saturated heterocycles. The number of hydrogen-bond acceptors (Lipinski definition) is 5. The van der Waals surface area contributed by atoms with Gasteiger partial charge >= 0.3 is 0 Å². The standard InChI is InChI=1S/C33H32ClN3OS2/c1-33(2,3)21-10-15-24-28(18-21)40-32(30(24)31(38)36-23-13-11-22(34)12-14-23)35-19-20-9-16-26-29(17-20)39-27-8-6-5-7-25(27)37(26)4/h5-9,11-14,16-17,19,21H,10,15,18H2,1-4H3,(H,36,38)/t21-/m0/s1. The number of rotatable bonds is 4. The second kappa shape index (κ2) is 10.7. The normalized spacial score (nSPS) is 16.4. The Bertz CT molecular complexity index is 1620. The summed E-state index contributed by atoms with van der Waals surface area (Å²) >= 11 is 9.51. The molecule has 1 N–H and O–H groups in total. The van der Waals surface area contributed by atoms with Gasteiger partial charge < -0.3 is 10.2 Å². The molecule has 0 bridgehead atoms. The van der Waals surface area contributed by atoms with Crippen molar-refractivity contribution in [3.8, 4) is 0 Å². The van der Waals surface area contributed by atoms with E-state index in [4.69, 9.17) is 16.6 Å². The van der Waals surface area contributed by atoms with E-state index in [1.54, 1.807) is 35.2 Å². The molecule has 0 unspecified atom stereocenters. The summed E-state index contributed by atoms with van der Waals surface area (Å²) in [6, 6.07) is 22.1. The van der Waals surface area contributed by atoms with Crippen molar-refractivity contribution in [1.82, 2.24) is 0 Å². The lowest BCUT2D eigenvalue weighted by atomic mass is 9.72. The van der Waals surface area contributed by atoms with Gasteiger partial charge in [-0.15, -0.1) is 11.3 Å². The summed E-state index contributed by atoms with van der Waals surface area (Å²) < 4.78 is 0. The van der Waals surface area contributed by atoms with Crippen molar-refractivity contribution < 1.29 is 4.79 Å². The van der Waals surface area contributed by atoms with Gasteiger partial charge in [-0.1, -0.05) is 62.3 Å². The lowest BCUT2D eigenvalue weighted by Crippen LogP contribution is -2.27. The number of carbonyl (C=O) groups is 1. The Kier molecular flexibility index (Phi) is 7.28. The van der Waals surface area contributed by atoms with Crippen LogP contribution in [0.25, 0.3) is 0 Å². The molecule has 1 amide bonds. The van der Waals surface area contributed by atoms with Crippen molar-refractivity contribution in [2.75, 3.05) is 17.3 Å². The van der Waals surface area contributed by atoms with Crippen molar-refractivity contribution in [2.24, 2.45) is 16.3 Å². The van der Waals surface area contributed by atoms with Gasteiger partial charge in [0.25, 0.3) is 5.91 Å². The summed E-state index contributed by atoms with van der Waals surface area (Å²) in [5.41, 5.74) is 6.23. The topological polar surface area (TPSA) is 44.7 Å². The number of fused-ring (bicyclic) bond motifs is 3. The second-order valence-corrected chi connectivity index (χ2v) is 14.2. The molecule has 1 atom stereocenters. The Morgan fingerprint density at radius 1 is 1.05 bits per heavy atom. The van der Waals surface area contributed by atoms with Crippen molar-refractivity contribution >= 4 is 68.9 Å². The number of thiophene rings is 1. The number of nitrogens with one attached hydrogen (secondary N) is 1. The zero-order valence-corrected chi connectivity index (χ0v) is 25.5. The average molecular weight is 586 g/mol. The monoisotopic (exact) mass is 585 g/mol. The first kappa shape index (κ1) is 27.1. The van der Waals surface area contributed by atoms with Crippen molar-refractivity contribution in [3.63, 3.8) is 0 Å². The molecule has 1 aliphatic heterocycles. The van der Waals surface area contributed by atoms with Gasteiger partial charge in [0.2, 0.25) is 0 Å². The van der Waals surface area contributed by atoms with E-state index in [2.05, 4.69) is 80.5 Å². The molecule has 4 aromatic rings. The first-order chi connectivity index (χ1) is 19.2. The first-order valence-electron chi connectivity index (χ1n) is 13.6. The summed E-state index contributed by atoms with van der Waals surface area (Å²) in [6.07, 6.45) is 4.86. The average Bonchev–Trinajstić information content (AvgIpc) is 3.30. The zero-order chi connectivity index (χ0) is 28.0. The van der Waals surface area contributed by atoms with Gasteiger partial charge in [0.15, 0.2) is 0 Å². The minimum Gasteiger partial charge on any atom is -0.343 e. The van der Waals surface area contributed by atoms with E-state index in [1.807, 2.05) is 18.3 Å². The molecule has 40 heavy (non-hydrogen) atoms. The van der Waals surface area contributed by atoms with Gasteiger partial charge in [-0.25, -0.2) is 4.99 Å². The molecule has 6 rings (SSSR count). The molecule has 1 aliphatic carbocycles. The number of hydrogen-bond donors (Lipinski definition) is 1. The van der Waals surface area contributed by atoms with Gasteiger partial charge in [-0.3, -0.25) is 4.79 Å². The van der Waals surface area contributed by atoms with Crippen LogP contribution < -0.4 is 10.2 Å². The third-order valence-electron chi connectivity index (χ3n) is 7.92. The Morgan fingerprint density at radius 2 is 1.80 bits per heavy atom. The predicted molar refractivity (Wildman–Crippen MR) is 171 cm³/mol. The van der Waals surface area contributed by atoms with Crippen LogP contribution in [0, 0.1) is 11.3 Å². The Morgan fingerprint density at radius 3 is 2.58 bits per heavy atom. The number of aliphatic imine (C=N–C) groups is 1. The van der Waals surface area contributed by atoms with Crippen molar-refractivity contribution in [1.29, 1.82) is 0 Å². The number of benzene rings is 3. The molecular weight excluding hydrogens is 554 g/mol. The highest BCUT2D eigenvalue weighted by Crippen LogP contribution is 2.48. The summed E-state index contributed by atoms with van der Waals surface area (Å²) in [4.78, 5) is 24.6. The number of para-hydroxylation sites is 1. The maximum Gasteiger partial charge on any atom is 0.259 e. The summed E-state index contributed by atoms with van der Waals surface area (Å²) in [7, 11) is 2.11. The van der Waals surface area contributed by atoms with Crippen LogP contribution in [0.3, 0.4) is 0 Å². The van der Waals surface area contributed by atoms with Crippen LogP contribution in [0.15, 0.2) is 81.5 Å². The quantitative estimate of drug-likeness (QED) is 0.242. The van der Waals surface area contributed by atoms with Crippen molar-refractivity contribution in [3.05, 3.63) is 93.3 Å². The highest BCUT2D eigenvalue weighted by molar-refractivity contribution is 7.99. The smallest absolute Gasteiger partial charge is 0.259 e. The number of nitrogens with zero attached hydrogens (tertiary/aromatic N) is 2.